The van der Waals surface area contributed by atoms with Crippen LogP contribution in [0.5, 0.6) is 0 Å². The molecule has 0 aliphatic heterocycles. The second-order valence-corrected chi connectivity index (χ2v) is 5.90. The molecular weight excluding hydrogens is 288 g/mol. The Kier molecular flexibility index (Phi) is 6.54. The lowest BCUT2D eigenvalue weighted by Gasteiger charge is -2.08. The highest BCUT2D eigenvalue weighted by atomic mass is 16.1. The van der Waals surface area contributed by atoms with E-state index in [-0.39, 0.29) is 5.91 Å². The third-order valence-corrected chi connectivity index (χ3v) is 3.46. The summed E-state index contributed by atoms with van der Waals surface area (Å²) < 4.78 is 0. The number of nitrogens with zero attached hydrogens (tertiary/aromatic N) is 2. The van der Waals surface area contributed by atoms with Crippen LogP contribution in [-0.2, 0) is 6.42 Å². The minimum atomic E-state index is -0.144. The fourth-order valence-corrected chi connectivity index (χ4v) is 2.08. The van der Waals surface area contributed by atoms with Crippen LogP contribution in [0.3, 0.4) is 0 Å². The molecule has 2 N–H and O–H groups in total. The summed E-state index contributed by atoms with van der Waals surface area (Å²) in [5.74, 6) is 1.05. The lowest BCUT2D eigenvalue weighted by molar-refractivity contribution is 0.0953. The number of carbonyl (C=O) groups is 1. The molecule has 5 heteroatoms. The molecule has 1 heterocycles. The molecular formula is C18H24N4O. The first-order valence-corrected chi connectivity index (χ1v) is 8.03. The van der Waals surface area contributed by atoms with Gasteiger partial charge in [0.2, 0.25) is 5.95 Å². The molecule has 0 bridgehead atoms. The van der Waals surface area contributed by atoms with E-state index < -0.39 is 0 Å². The predicted octanol–water partition coefficient (Wildman–Crippen LogP) is 2.91. The molecule has 1 amide bonds. The maximum Gasteiger partial charge on any atom is 0.254 e. The highest BCUT2D eigenvalue weighted by Gasteiger charge is 2.06. The Morgan fingerprint density at radius 2 is 1.78 bits per heavy atom. The minimum absolute atomic E-state index is 0.144. The van der Waals surface area contributed by atoms with Gasteiger partial charge in [-0.15, -0.1) is 0 Å². The van der Waals surface area contributed by atoms with Crippen LogP contribution in [0.1, 0.15) is 36.2 Å². The number of hydrogen-bond donors (Lipinski definition) is 2. The Morgan fingerprint density at radius 1 is 1.09 bits per heavy atom. The Hall–Kier alpha value is -2.43. The molecule has 2 rings (SSSR count). The largest absolute Gasteiger partial charge is 0.354 e. The third kappa shape index (κ3) is 6.06. The number of benzene rings is 1. The standard InChI is InChI=1S/C18H24N4O/c1-14(2)8-10-20-18-21-12-16(13-22-18)17(23)19-11-9-15-6-4-3-5-7-15/h3-7,12-14H,8-11H2,1-2H3,(H,19,23)(H,20,21,22). The number of rotatable bonds is 8. The monoisotopic (exact) mass is 312 g/mol. The third-order valence-electron chi connectivity index (χ3n) is 3.46. The van der Waals surface area contributed by atoms with E-state index in [0.717, 1.165) is 19.4 Å². The van der Waals surface area contributed by atoms with E-state index in [9.17, 15) is 4.79 Å². The fraction of sp³-hybridized carbons (Fsp3) is 0.389. The van der Waals surface area contributed by atoms with Crippen molar-refractivity contribution in [3.8, 4) is 0 Å². The van der Waals surface area contributed by atoms with Crippen LogP contribution >= 0.6 is 0 Å². The average molecular weight is 312 g/mol. The van der Waals surface area contributed by atoms with Gasteiger partial charge < -0.3 is 10.6 Å². The fourth-order valence-electron chi connectivity index (χ4n) is 2.08. The number of nitrogens with one attached hydrogen (secondary N) is 2. The Bertz CT molecular complexity index is 596. The number of amides is 1. The molecule has 0 radical (unpaired) electrons. The highest BCUT2D eigenvalue weighted by Crippen LogP contribution is 2.04. The van der Waals surface area contributed by atoms with E-state index in [2.05, 4.69) is 34.4 Å². The van der Waals surface area contributed by atoms with E-state index in [1.54, 1.807) is 12.4 Å². The number of anilines is 1. The predicted molar refractivity (Wildman–Crippen MR) is 92.5 cm³/mol. The summed E-state index contributed by atoms with van der Waals surface area (Å²) in [7, 11) is 0. The van der Waals surface area contributed by atoms with Gasteiger partial charge in [0.25, 0.3) is 5.91 Å². The first-order chi connectivity index (χ1) is 11.1. The molecule has 0 spiro atoms. The topological polar surface area (TPSA) is 66.9 Å². The van der Waals surface area contributed by atoms with Crippen molar-refractivity contribution in [2.24, 2.45) is 5.92 Å². The van der Waals surface area contributed by atoms with Gasteiger partial charge in [-0.25, -0.2) is 9.97 Å². The smallest absolute Gasteiger partial charge is 0.254 e. The molecule has 0 atom stereocenters. The molecule has 23 heavy (non-hydrogen) atoms. The second-order valence-electron chi connectivity index (χ2n) is 5.90. The zero-order valence-electron chi connectivity index (χ0n) is 13.7. The van der Waals surface area contributed by atoms with Crippen LogP contribution in [-0.4, -0.2) is 29.0 Å². The molecule has 0 saturated heterocycles. The summed E-state index contributed by atoms with van der Waals surface area (Å²) in [6, 6.07) is 10.1. The summed E-state index contributed by atoms with van der Waals surface area (Å²) in [4.78, 5) is 20.4. The van der Waals surface area contributed by atoms with Gasteiger partial charge in [-0.3, -0.25) is 4.79 Å². The van der Waals surface area contributed by atoms with Crippen molar-refractivity contribution in [1.82, 2.24) is 15.3 Å². The molecule has 1 aromatic heterocycles. The SMILES string of the molecule is CC(C)CCNc1ncc(C(=O)NCCc2ccccc2)cn1. The molecule has 0 fully saturated rings. The van der Waals surface area contributed by atoms with Crippen molar-refractivity contribution in [1.29, 1.82) is 0 Å². The molecule has 122 valence electrons. The van der Waals surface area contributed by atoms with Crippen molar-refractivity contribution < 1.29 is 4.79 Å². The normalized spacial score (nSPS) is 10.6. The minimum Gasteiger partial charge on any atom is -0.354 e. The summed E-state index contributed by atoms with van der Waals surface area (Å²) in [6.07, 6.45) is 4.98. The number of aromatic nitrogens is 2. The Morgan fingerprint density at radius 3 is 2.43 bits per heavy atom. The summed E-state index contributed by atoms with van der Waals surface area (Å²) in [5.41, 5.74) is 1.68. The molecule has 5 nitrogen and oxygen atoms in total. The van der Waals surface area contributed by atoms with E-state index in [1.165, 1.54) is 5.56 Å². The maximum absolute atomic E-state index is 12.0. The van der Waals surface area contributed by atoms with Gasteiger partial charge in [-0.05, 0) is 24.3 Å². The Balaban J connectivity index is 1.76. The van der Waals surface area contributed by atoms with Crippen LogP contribution in [0.15, 0.2) is 42.7 Å². The van der Waals surface area contributed by atoms with E-state index in [4.69, 9.17) is 0 Å². The van der Waals surface area contributed by atoms with Crippen molar-refractivity contribution in [3.63, 3.8) is 0 Å². The van der Waals surface area contributed by atoms with Gasteiger partial charge in [0, 0.05) is 25.5 Å². The van der Waals surface area contributed by atoms with E-state index >= 15 is 0 Å². The van der Waals surface area contributed by atoms with Crippen molar-refractivity contribution in [2.45, 2.75) is 26.7 Å². The molecule has 2 aromatic rings. The molecule has 0 saturated carbocycles. The molecule has 0 aliphatic carbocycles. The zero-order chi connectivity index (χ0) is 16.5. The summed E-state index contributed by atoms with van der Waals surface area (Å²) >= 11 is 0. The van der Waals surface area contributed by atoms with Crippen molar-refractivity contribution >= 4 is 11.9 Å². The van der Waals surface area contributed by atoms with E-state index in [1.807, 2.05) is 30.3 Å². The van der Waals surface area contributed by atoms with Crippen LogP contribution in [0, 0.1) is 5.92 Å². The zero-order valence-corrected chi connectivity index (χ0v) is 13.7. The van der Waals surface area contributed by atoms with Gasteiger partial charge >= 0.3 is 0 Å². The molecule has 0 unspecified atom stereocenters. The van der Waals surface area contributed by atoms with Gasteiger partial charge in [0.1, 0.15) is 0 Å². The molecule has 1 aromatic carbocycles. The van der Waals surface area contributed by atoms with Gasteiger partial charge in [0.15, 0.2) is 0 Å². The lowest BCUT2D eigenvalue weighted by atomic mass is 10.1. The lowest BCUT2D eigenvalue weighted by Crippen LogP contribution is -2.26. The van der Waals surface area contributed by atoms with Crippen LogP contribution in [0.4, 0.5) is 5.95 Å². The summed E-state index contributed by atoms with van der Waals surface area (Å²) in [5, 5.41) is 6.04. The summed E-state index contributed by atoms with van der Waals surface area (Å²) in [6.45, 7) is 5.77. The molecule has 0 aliphatic rings. The first kappa shape index (κ1) is 16.9. The van der Waals surface area contributed by atoms with Crippen LogP contribution in [0.25, 0.3) is 0 Å². The van der Waals surface area contributed by atoms with Crippen molar-refractivity contribution in [2.75, 3.05) is 18.4 Å². The second kappa shape index (κ2) is 8.88. The van der Waals surface area contributed by atoms with E-state index in [0.29, 0.717) is 24.0 Å². The Labute approximate surface area is 137 Å². The van der Waals surface area contributed by atoms with Gasteiger partial charge in [0.05, 0.1) is 5.56 Å². The quantitative estimate of drug-likeness (QED) is 0.786. The van der Waals surface area contributed by atoms with Gasteiger partial charge in [-0.1, -0.05) is 44.2 Å². The highest BCUT2D eigenvalue weighted by molar-refractivity contribution is 5.93. The number of carbonyl (C=O) groups excluding carboxylic acids is 1. The van der Waals surface area contributed by atoms with Crippen LogP contribution < -0.4 is 10.6 Å². The maximum atomic E-state index is 12.0. The first-order valence-electron chi connectivity index (χ1n) is 8.03. The van der Waals surface area contributed by atoms with Gasteiger partial charge in [-0.2, -0.15) is 0 Å². The van der Waals surface area contributed by atoms with Crippen LogP contribution in [0.2, 0.25) is 0 Å². The number of hydrogen-bond acceptors (Lipinski definition) is 4. The van der Waals surface area contributed by atoms with Crippen molar-refractivity contribution in [3.05, 3.63) is 53.9 Å². The average Bonchev–Trinajstić information content (AvgIpc) is 2.56.